The molecule has 2 aliphatic heterocycles. The second kappa shape index (κ2) is 22.3. The van der Waals surface area contributed by atoms with E-state index in [4.69, 9.17) is 19.7 Å². The Bertz CT molecular complexity index is 1060. The highest BCUT2D eigenvalue weighted by Crippen LogP contribution is 2.46. The normalized spacial score (nSPS) is 31.4. The molecule has 4 fully saturated rings. The van der Waals surface area contributed by atoms with Crippen LogP contribution in [0.2, 0.25) is 0 Å². The number of aliphatic carboxylic acids is 2. The largest absolute Gasteiger partial charge is 0.495 e. The van der Waals surface area contributed by atoms with Gasteiger partial charge < -0.3 is 40.1 Å². The zero-order chi connectivity index (χ0) is 36.5. The molecule has 10 heteroatoms. The molecule has 2 aliphatic carbocycles. The highest BCUT2D eigenvalue weighted by atomic mass is 16.5. The standard InChI is InChI=1S/2C20H32O5/c2*1-2-3-4-7-14(21)10-11-16-17-12-15(8-5-6-9-20(23)24)25-19(17)13-18(16)22/h2*8,10-11,14,16-19,21-22H,2-7,9,12-13H2,1H3,(H,23,24)/b2*11-10+,15-8-/t2*14-,16+,17+,18+,19-/m00/s1. The molecule has 10 atom stereocenters. The van der Waals surface area contributed by atoms with Crippen molar-refractivity contribution in [2.24, 2.45) is 23.7 Å². The molecule has 284 valence electrons. The molecule has 0 amide bonds. The van der Waals surface area contributed by atoms with Gasteiger partial charge in [-0.1, -0.05) is 76.7 Å². The van der Waals surface area contributed by atoms with Crippen LogP contribution in [0, 0.1) is 23.7 Å². The molecule has 2 saturated carbocycles. The summed E-state index contributed by atoms with van der Waals surface area (Å²) >= 11 is 0. The second-order valence-electron chi connectivity index (χ2n) is 14.6. The molecule has 2 heterocycles. The van der Waals surface area contributed by atoms with Crippen LogP contribution < -0.4 is 0 Å². The first-order valence-electron chi connectivity index (χ1n) is 19.3. The van der Waals surface area contributed by atoms with Crippen molar-refractivity contribution in [3.8, 4) is 0 Å². The SMILES string of the molecule is CCCCC[C@H](O)/C=C/[C@@H]1[C@H]2C/C(=C/CCCC(=O)O)O[C@H]2C[C@H]1O.CCCCC[C@H](O)/C=C/[C@@H]1[C@H]2C/C(=C/CCCC(=O)O)O[C@H]2C[C@H]1O. The summed E-state index contributed by atoms with van der Waals surface area (Å²) in [7, 11) is 0. The fourth-order valence-corrected chi connectivity index (χ4v) is 7.71. The van der Waals surface area contributed by atoms with Gasteiger partial charge in [0.25, 0.3) is 0 Å². The lowest BCUT2D eigenvalue weighted by atomic mass is 9.90. The number of unbranched alkanes of at least 4 members (excludes halogenated alkanes) is 6. The summed E-state index contributed by atoms with van der Waals surface area (Å²) in [5.41, 5.74) is 0. The summed E-state index contributed by atoms with van der Waals surface area (Å²) < 4.78 is 11.9. The molecule has 0 aromatic carbocycles. The van der Waals surface area contributed by atoms with E-state index in [1.807, 2.05) is 36.5 Å². The molecule has 4 rings (SSSR count). The maximum absolute atomic E-state index is 10.5. The minimum atomic E-state index is -0.770. The Morgan fingerprint density at radius 2 is 1.08 bits per heavy atom. The monoisotopic (exact) mass is 704 g/mol. The number of rotatable bonds is 20. The molecule has 0 aromatic heterocycles. The van der Waals surface area contributed by atoms with E-state index in [-0.39, 0.29) is 48.7 Å². The van der Waals surface area contributed by atoms with Gasteiger partial charge in [-0.25, -0.2) is 0 Å². The third kappa shape index (κ3) is 14.2. The van der Waals surface area contributed by atoms with E-state index in [0.29, 0.717) is 38.5 Å². The van der Waals surface area contributed by atoms with Gasteiger partial charge in [0.1, 0.15) is 12.2 Å². The number of carbonyl (C=O) groups is 2. The minimum Gasteiger partial charge on any atom is -0.495 e. The summed E-state index contributed by atoms with van der Waals surface area (Å²) in [5.74, 6) is 0.858. The first kappa shape index (κ1) is 41.8. The zero-order valence-electron chi connectivity index (χ0n) is 30.3. The lowest BCUT2D eigenvalue weighted by Gasteiger charge is -2.16. The molecule has 4 aliphatic rings. The van der Waals surface area contributed by atoms with Crippen molar-refractivity contribution < 1.29 is 49.7 Å². The zero-order valence-corrected chi connectivity index (χ0v) is 30.3. The second-order valence-corrected chi connectivity index (χ2v) is 14.6. The summed E-state index contributed by atoms with van der Waals surface area (Å²) in [6.45, 7) is 4.29. The average molecular weight is 705 g/mol. The highest BCUT2D eigenvalue weighted by molar-refractivity contribution is 5.66. The third-order valence-electron chi connectivity index (χ3n) is 10.5. The Balaban J connectivity index is 0.000000270. The van der Waals surface area contributed by atoms with Gasteiger partial charge in [-0.05, 0) is 50.7 Å². The molecule has 2 saturated heterocycles. The number of allylic oxidation sites excluding steroid dienone is 4. The van der Waals surface area contributed by atoms with Crippen LogP contribution in [0.15, 0.2) is 48.0 Å². The maximum atomic E-state index is 10.5. The van der Waals surface area contributed by atoms with E-state index in [0.717, 1.165) is 75.7 Å². The average Bonchev–Trinajstić information content (AvgIpc) is 3.79. The maximum Gasteiger partial charge on any atom is 0.303 e. The third-order valence-corrected chi connectivity index (χ3v) is 10.5. The molecule has 0 spiro atoms. The molecule has 50 heavy (non-hydrogen) atoms. The van der Waals surface area contributed by atoms with Gasteiger partial charge in [0, 0.05) is 62.2 Å². The first-order valence-corrected chi connectivity index (χ1v) is 19.3. The topological polar surface area (TPSA) is 174 Å². The number of carboxylic acids is 2. The smallest absolute Gasteiger partial charge is 0.303 e. The summed E-state index contributed by atoms with van der Waals surface area (Å²) in [6.07, 6.45) is 23.9. The van der Waals surface area contributed by atoms with E-state index in [1.165, 1.54) is 0 Å². The van der Waals surface area contributed by atoms with E-state index in [2.05, 4.69) is 13.8 Å². The first-order chi connectivity index (χ1) is 24.0. The van der Waals surface area contributed by atoms with Crippen LogP contribution in [-0.4, -0.2) is 79.2 Å². The van der Waals surface area contributed by atoms with Gasteiger partial charge in [-0.2, -0.15) is 0 Å². The van der Waals surface area contributed by atoms with Crippen molar-refractivity contribution in [3.05, 3.63) is 48.0 Å². The molecule has 6 N–H and O–H groups in total. The number of aliphatic hydroxyl groups excluding tert-OH is 4. The molecule has 0 unspecified atom stereocenters. The van der Waals surface area contributed by atoms with Crippen molar-refractivity contribution in [2.45, 2.75) is 166 Å². The predicted octanol–water partition coefficient (Wildman–Crippen LogP) is 6.82. The Kier molecular flexibility index (Phi) is 18.6. The van der Waals surface area contributed by atoms with Crippen LogP contribution in [0.5, 0.6) is 0 Å². The molecule has 0 aromatic rings. The van der Waals surface area contributed by atoms with Gasteiger partial charge in [0.15, 0.2) is 0 Å². The van der Waals surface area contributed by atoms with Crippen molar-refractivity contribution in [3.63, 3.8) is 0 Å². The van der Waals surface area contributed by atoms with Crippen molar-refractivity contribution in [1.82, 2.24) is 0 Å². The molecular formula is C40H64O10. The van der Waals surface area contributed by atoms with Gasteiger partial charge >= 0.3 is 11.9 Å². The van der Waals surface area contributed by atoms with Crippen LogP contribution in [0.3, 0.4) is 0 Å². The minimum absolute atomic E-state index is 0.0238. The van der Waals surface area contributed by atoms with Crippen LogP contribution in [0.1, 0.15) is 129 Å². The molecule has 0 bridgehead atoms. The van der Waals surface area contributed by atoms with E-state index in [1.54, 1.807) is 0 Å². The summed E-state index contributed by atoms with van der Waals surface area (Å²) in [5, 5.41) is 58.0. The van der Waals surface area contributed by atoms with Crippen LogP contribution in [0.4, 0.5) is 0 Å². The number of hydrogen-bond acceptors (Lipinski definition) is 8. The van der Waals surface area contributed by atoms with E-state index < -0.39 is 36.4 Å². The van der Waals surface area contributed by atoms with Crippen LogP contribution >= 0.6 is 0 Å². The van der Waals surface area contributed by atoms with Crippen molar-refractivity contribution >= 4 is 11.9 Å². The van der Waals surface area contributed by atoms with Gasteiger partial charge in [-0.15, -0.1) is 0 Å². The van der Waals surface area contributed by atoms with E-state index in [9.17, 15) is 30.0 Å². The summed E-state index contributed by atoms with van der Waals surface area (Å²) in [4.78, 5) is 21.1. The Morgan fingerprint density at radius 1 is 0.680 bits per heavy atom. The quantitative estimate of drug-likeness (QED) is 0.0583. The Morgan fingerprint density at radius 3 is 1.44 bits per heavy atom. The molecule has 0 radical (unpaired) electrons. The fraction of sp³-hybridized carbons (Fsp3) is 0.750. The van der Waals surface area contributed by atoms with Gasteiger partial charge in [0.05, 0.1) is 35.9 Å². The molecular weight excluding hydrogens is 640 g/mol. The number of fused-ring (bicyclic) bond motifs is 2. The Labute approximate surface area is 299 Å². The number of hydrogen-bond donors (Lipinski definition) is 6. The van der Waals surface area contributed by atoms with Crippen LogP contribution in [-0.2, 0) is 19.1 Å². The van der Waals surface area contributed by atoms with Crippen molar-refractivity contribution in [2.75, 3.05) is 0 Å². The Hall–Kier alpha value is -2.66. The number of carboxylic acid groups (broad SMARTS) is 2. The molecule has 10 nitrogen and oxygen atoms in total. The predicted molar refractivity (Wildman–Crippen MR) is 192 cm³/mol. The van der Waals surface area contributed by atoms with Gasteiger partial charge in [-0.3, -0.25) is 9.59 Å². The van der Waals surface area contributed by atoms with E-state index >= 15 is 0 Å². The number of ether oxygens (including phenoxy) is 2. The number of aliphatic hydroxyl groups is 4. The lowest BCUT2D eigenvalue weighted by molar-refractivity contribution is -0.138. The summed E-state index contributed by atoms with van der Waals surface area (Å²) in [6, 6.07) is 0. The van der Waals surface area contributed by atoms with Gasteiger partial charge in [0.2, 0.25) is 0 Å². The van der Waals surface area contributed by atoms with Crippen LogP contribution in [0.25, 0.3) is 0 Å². The highest BCUT2D eigenvalue weighted by Gasteiger charge is 2.48. The lowest BCUT2D eigenvalue weighted by Crippen LogP contribution is -2.18. The van der Waals surface area contributed by atoms with Crippen molar-refractivity contribution in [1.29, 1.82) is 0 Å². The fourth-order valence-electron chi connectivity index (χ4n) is 7.71.